The molecule has 3 unspecified atom stereocenters. The molecule has 0 aromatic carbocycles. The van der Waals surface area contributed by atoms with Crippen LogP contribution in [0.4, 0.5) is 0 Å². The van der Waals surface area contributed by atoms with Crippen LogP contribution in [-0.2, 0) is 9.84 Å². The minimum atomic E-state index is -2.86. The molecule has 0 amide bonds. The van der Waals surface area contributed by atoms with Crippen LogP contribution < -0.4 is 5.32 Å². The Balaban J connectivity index is 4.00. The Morgan fingerprint density at radius 2 is 1.71 bits per heavy atom. The average molecular weight is 221 g/mol. The number of hydrogen-bond donors (Lipinski definition) is 1. The summed E-state index contributed by atoms with van der Waals surface area (Å²) in [7, 11) is -2.86. The summed E-state index contributed by atoms with van der Waals surface area (Å²) in [5.74, 6) is 0.797. The molecule has 86 valence electrons. The maximum atomic E-state index is 11.0. The highest BCUT2D eigenvalue weighted by Crippen LogP contribution is 2.07. The molecule has 0 bridgehead atoms. The summed E-state index contributed by atoms with van der Waals surface area (Å²) in [4.78, 5) is 0. The van der Waals surface area contributed by atoms with Gasteiger partial charge in [-0.05, 0) is 19.8 Å². The van der Waals surface area contributed by atoms with E-state index in [-0.39, 0.29) is 11.8 Å². The summed E-state index contributed by atoms with van der Waals surface area (Å²) in [6, 6.07) is 0.408. The van der Waals surface area contributed by atoms with Crippen molar-refractivity contribution in [1.82, 2.24) is 5.32 Å². The third kappa shape index (κ3) is 6.38. The maximum Gasteiger partial charge on any atom is 0.148 e. The first-order valence-corrected chi connectivity index (χ1v) is 7.26. The zero-order valence-electron chi connectivity index (χ0n) is 9.87. The zero-order chi connectivity index (χ0) is 11.4. The molecule has 0 radical (unpaired) electrons. The molecule has 3 atom stereocenters. The lowest BCUT2D eigenvalue weighted by Gasteiger charge is -2.24. The van der Waals surface area contributed by atoms with Gasteiger partial charge in [0, 0.05) is 18.3 Å². The van der Waals surface area contributed by atoms with Gasteiger partial charge in [-0.1, -0.05) is 20.3 Å². The number of hydrogen-bond acceptors (Lipinski definition) is 3. The van der Waals surface area contributed by atoms with Gasteiger partial charge < -0.3 is 5.32 Å². The Hall–Kier alpha value is -0.0900. The van der Waals surface area contributed by atoms with E-state index in [1.54, 1.807) is 0 Å². The highest BCUT2D eigenvalue weighted by Gasteiger charge is 2.15. The Bertz CT molecular complexity index is 249. The topological polar surface area (TPSA) is 46.2 Å². The Labute approximate surface area is 88.2 Å². The van der Waals surface area contributed by atoms with E-state index in [1.807, 2.05) is 6.92 Å². The lowest BCUT2D eigenvalue weighted by Crippen LogP contribution is -2.41. The Morgan fingerprint density at radius 3 is 2.07 bits per heavy atom. The monoisotopic (exact) mass is 221 g/mol. The Morgan fingerprint density at radius 1 is 1.21 bits per heavy atom. The van der Waals surface area contributed by atoms with Gasteiger partial charge in [0.25, 0.3) is 0 Å². The van der Waals surface area contributed by atoms with Gasteiger partial charge in [0.05, 0.1) is 5.75 Å². The summed E-state index contributed by atoms with van der Waals surface area (Å²) in [6.07, 6.45) is 2.39. The van der Waals surface area contributed by atoms with Crippen LogP contribution in [0.25, 0.3) is 0 Å². The third-order valence-corrected chi connectivity index (χ3v) is 3.70. The van der Waals surface area contributed by atoms with Crippen LogP contribution in [-0.4, -0.2) is 32.5 Å². The second-order valence-electron chi connectivity index (χ2n) is 4.33. The molecule has 0 aromatic heterocycles. The van der Waals surface area contributed by atoms with Gasteiger partial charge >= 0.3 is 0 Å². The number of sulfone groups is 1. The summed E-state index contributed by atoms with van der Waals surface area (Å²) >= 11 is 0. The smallest absolute Gasteiger partial charge is 0.148 e. The van der Waals surface area contributed by atoms with Gasteiger partial charge in [0.2, 0.25) is 0 Å². The first-order valence-electron chi connectivity index (χ1n) is 5.20. The quantitative estimate of drug-likeness (QED) is 0.738. The second-order valence-corrected chi connectivity index (χ2v) is 6.52. The van der Waals surface area contributed by atoms with Gasteiger partial charge in [0.15, 0.2) is 0 Å². The summed E-state index contributed by atoms with van der Waals surface area (Å²) < 4.78 is 22.0. The van der Waals surface area contributed by atoms with Gasteiger partial charge in [-0.15, -0.1) is 0 Å². The van der Waals surface area contributed by atoms with Crippen LogP contribution in [0.5, 0.6) is 0 Å². The minimum Gasteiger partial charge on any atom is -0.311 e. The normalized spacial score (nSPS) is 18.9. The zero-order valence-corrected chi connectivity index (χ0v) is 10.7. The highest BCUT2D eigenvalue weighted by molar-refractivity contribution is 7.90. The van der Waals surface area contributed by atoms with E-state index in [1.165, 1.54) is 6.26 Å². The molecule has 0 heterocycles. The number of rotatable bonds is 6. The molecule has 0 rings (SSSR count). The molecule has 0 saturated carbocycles. The fourth-order valence-corrected chi connectivity index (χ4v) is 2.47. The SMILES string of the molecule is CCC(C)C(C)NC(C)CS(C)(=O)=O. The molecule has 4 heteroatoms. The molecule has 14 heavy (non-hydrogen) atoms. The van der Waals surface area contributed by atoms with Crippen molar-refractivity contribution in [3.63, 3.8) is 0 Å². The fraction of sp³-hybridized carbons (Fsp3) is 1.00. The van der Waals surface area contributed by atoms with Crippen molar-refractivity contribution < 1.29 is 8.42 Å². The van der Waals surface area contributed by atoms with Crippen LogP contribution in [0, 0.1) is 5.92 Å². The van der Waals surface area contributed by atoms with Crippen LogP contribution >= 0.6 is 0 Å². The van der Waals surface area contributed by atoms with E-state index in [4.69, 9.17) is 0 Å². The van der Waals surface area contributed by atoms with Crippen molar-refractivity contribution in [2.24, 2.45) is 5.92 Å². The molecule has 0 fully saturated rings. The van der Waals surface area contributed by atoms with Crippen molar-refractivity contribution in [3.05, 3.63) is 0 Å². The van der Waals surface area contributed by atoms with Crippen LogP contribution in [0.3, 0.4) is 0 Å². The van der Waals surface area contributed by atoms with Gasteiger partial charge in [-0.3, -0.25) is 0 Å². The van der Waals surface area contributed by atoms with E-state index >= 15 is 0 Å². The lowest BCUT2D eigenvalue weighted by molar-refractivity contribution is 0.366. The first kappa shape index (κ1) is 13.9. The molecule has 0 aliphatic heterocycles. The molecular weight excluding hydrogens is 198 g/mol. The molecule has 0 saturated heterocycles. The highest BCUT2D eigenvalue weighted by atomic mass is 32.2. The van der Waals surface area contributed by atoms with Crippen molar-refractivity contribution in [2.75, 3.05) is 12.0 Å². The average Bonchev–Trinajstić information content (AvgIpc) is 1.99. The predicted octanol–water partition coefficient (Wildman–Crippen LogP) is 1.44. The van der Waals surface area contributed by atoms with Crippen molar-refractivity contribution in [2.45, 2.75) is 46.2 Å². The molecule has 3 nitrogen and oxygen atoms in total. The lowest BCUT2D eigenvalue weighted by atomic mass is 10.0. The second kappa shape index (κ2) is 5.71. The molecule has 0 aromatic rings. The summed E-state index contributed by atoms with van der Waals surface area (Å²) in [5, 5.41) is 3.31. The predicted molar refractivity (Wildman–Crippen MR) is 61.2 cm³/mol. The standard InChI is InChI=1S/C10H23NO2S/c1-6-8(2)10(4)11-9(3)7-14(5,12)13/h8-11H,6-7H2,1-5H3. The first-order chi connectivity index (χ1) is 6.26. The fourth-order valence-electron chi connectivity index (χ4n) is 1.47. The molecule has 0 aliphatic rings. The molecule has 0 aliphatic carbocycles. The van der Waals surface area contributed by atoms with E-state index in [2.05, 4.69) is 26.1 Å². The third-order valence-electron chi connectivity index (χ3n) is 2.60. The minimum absolute atomic E-state index is 0.0361. The Kier molecular flexibility index (Phi) is 5.67. The van der Waals surface area contributed by atoms with E-state index in [9.17, 15) is 8.42 Å². The maximum absolute atomic E-state index is 11.0. The van der Waals surface area contributed by atoms with Crippen molar-refractivity contribution in [3.8, 4) is 0 Å². The van der Waals surface area contributed by atoms with E-state index in [0.717, 1.165) is 6.42 Å². The van der Waals surface area contributed by atoms with Crippen molar-refractivity contribution in [1.29, 1.82) is 0 Å². The molecular formula is C10H23NO2S. The number of nitrogens with one attached hydrogen (secondary N) is 1. The summed E-state index contributed by atoms with van der Waals surface area (Å²) in [6.45, 7) is 8.34. The van der Waals surface area contributed by atoms with Gasteiger partial charge in [-0.25, -0.2) is 8.42 Å². The van der Waals surface area contributed by atoms with Gasteiger partial charge in [-0.2, -0.15) is 0 Å². The van der Waals surface area contributed by atoms with E-state index in [0.29, 0.717) is 12.0 Å². The van der Waals surface area contributed by atoms with Crippen LogP contribution in [0.15, 0.2) is 0 Å². The van der Waals surface area contributed by atoms with Gasteiger partial charge in [0.1, 0.15) is 9.84 Å². The summed E-state index contributed by atoms with van der Waals surface area (Å²) in [5.41, 5.74) is 0. The largest absolute Gasteiger partial charge is 0.311 e. The molecule has 1 N–H and O–H groups in total. The van der Waals surface area contributed by atoms with Crippen LogP contribution in [0.1, 0.15) is 34.1 Å². The van der Waals surface area contributed by atoms with Crippen molar-refractivity contribution >= 4 is 9.84 Å². The molecule has 0 spiro atoms. The van der Waals surface area contributed by atoms with E-state index < -0.39 is 9.84 Å². The van der Waals surface area contributed by atoms with Crippen LogP contribution in [0.2, 0.25) is 0 Å².